The van der Waals surface area contributed by atoms with Crippen LogP contribution in [0.4, 0.5) is 11.4 Å². The van der Waals surface area contributed by atoms with E-state index in [1.165, 1.54) is 12.1 Å². The quantitative estimate of drug-likeness (QED) is 0.635. The second-order valence-corrected chi connectivity index (χ2v) is 2.04. The summed E-state index contributed by atoms with van der Waals surface area (Å²) in [5.41, 5.74) is 0.805. The third kappa shape index (κ3) is 1.46. The Morgan fingerprint density at radius 1 is 1.55 bits per heavy atom. The van der Waals surface area contributed by atoms with E-state index in [0.29, 0.717) is 0 Å². The molecule has 0 unspecified atom stereocenters. The monoisotopic (exact) mass is 152 g/mol. The fourth-order valence-electron chi connectivity index (χ4n) is 0.756. The van der Waals surface area contributed by atoms with E-state index in [9.17, 15) is 4.91 Å². The van der Waals surface area contributed by atoms with Crippen LogP contribution in [0.5, 0.6) is 5.75 Å². The first kappa shape index (κ1) is 7.53. The van der Waals surface area contributed by atoms with Crippen molar-refractivity contribution in [2.45, 2.75) is 0 Å². The van der Waals surface area contributed by atoms with Gasteiger partial charge in [0.1, 0.15) is 11.4 Å². The number of aromatic hydroxyl groups is 1. The second kappa shape index (κ2) is 3.01. The van der Waals surface area contributed by atoms with Gasteiger partial charge in [-0.3, -0.25) is 0 Å². The fraction of sp³-hybridized carbons (Fsp3) is 0.143. The van der Waals surface area contributed by atoms with Crippen LogP contribution in [0.2, 0.25) is 0 Å². The van der Waals surface area contributed by atoms with Crippen molar-refractivity contribution in [3.8, 4) is 5.75 Å². The van der Waals surface area contributed by atoms with E-state index in [0.717, 1.165) is 5.69 Å². The van der Waals surface area contributed by atoms with Crippen molar-refractivity contribution in [3.05, 3.63) is 23.1 Å². The topological polar surface area (TPSA) is 61.7 Å². The third-order valence-corrected chi connectivity index (χ3v) is 1.36. The number of nitrogens with zero attached hydrogens (tertiary/aromatic N) is 1. The van der Waals surface area contributed by atoms with Gasteiger partial charge in [-0.15, -0.1) is 4.91 Å². The highest BCUT2D eigenvalue weighted by atomic mass is 16.3. The molecule has 0 aliphatic heterocycles. The van der Waals surface area contributed by atoms with Gasteiger partial charge in [-0.25, -0.2) is 0 Å². The molecule has 0 radical (unpaired) electrons. The number of phenols is 1. The zero-order valence-electron chi connectivity index (χ0n) is 6.03. The van der Waals surface area contributed by atoms with Crippen molar-refractivity contribution in [3.63, 3.8) is 0 Å². The molecule has 0 spiro atoms. The molecule has 0 heterocycles. The largest absolute Gasteiger partial charge is 0.505 e. The highest BCUT2D eigenvalue weighted by Crippen LogP contribution is 2.28. The van der Waals surface area contributed by atoms with Gasteiger partial charge >= 0.3 is 0 Å². The van der Waals surface area contributed by atoms with Crippen LogP contribution < -0.4 is 5.32 Å². The number of phenolic OH excluding ortho intramolecular Hbond substituents is 1. The van der Waals surface area contributed by atoms with E-state index in [1.807, 2.05) is 0 Å². The third-order valence-electron chi connectivity index (χ3n) is 1.36. The molecule has 0 aliphatic carbocycles. The van der Waals surface area contributed by atoms with E-state index in [2.05, 4.69) is 10.5 Å². The van der Waals surface area contributed by atoms with E-state index < -0.39 is 0 Å². The Morgan fingerprint density at radius 2 is 2.27 bits per heavy atom. The molecule has 0 aromatic heterocycles. The summed E-state index contributed by atoms with van der Waals surface area (Å²) in [6.45, 7) is 0. The molecule has 1 rings (SSSR count). The van der Waals surface area contributed by atoms with Crippen LogP contribution in [-0.4, -0.2) is 12.2 Å². The summed E-state index contributed by atoms with van der Waals surface area (Å²) in [4.78, 5) is 10.00. The van der Waals surface area contributed by atoms with Crippen LogP contribution in [0.15, 0.2) is 23.4 Å². The lowest BCUT2D eigenvalue weighted by atomic mass is 10.2. The van der Waals surface area contributed by atoms with Crippen LogP contribution in [0.3, 0.4) is 0 Å². The maximum atomic E-state index is 10.00. The van der Waals surface area contributed by atoms with Crippen LogP contribution in [0.25, 0.3) is 0 Å². The number of anilines is 1. The number of rotatable bonds is 2. The summed E-state index contributed by atoms with van der Waals surface area (Å²) >= 11 is 0. The summed E-state index contributed by atoms with van der Waals surface area (Å²) in [6.07, 6.45) is 0. The Bertz CT molecular complexity index is 273. The molecule has 4 heteroatoms. The van der Waals surface area contributed by atoms with Crippen molar-refractivity contribution in [2.24, 2.45) is 5.18 Å². The number of nitrogens with one attached hydrogen (secondary N) is 1. The van der Waals surface area contributed by atoms with E-state index in [4.69, 9.17) is 5.11 Å². The van der Waals surface area contributed by atoms with Gasteiger partial charge < -0.3 is 10.4 Å². The van der Waals surface area contributed by atoms with Crippen molar-refractivity contribution in [1.82, 2.24) is 0 Å². The summed E-state index contributed by atoms with van der Waals surface area (Å²) in [5.74, 6) is -0.105. The summed E-state index contributed by atoms with van der Waals surface area (Å²) in [5, 5.41) is 14.5. The normalized spacial score (nSPS) is 9.18. The van der Waals surface area contributed by atoms with Gasteiger partial charge in [0.15, 0.2) is 0 Å². The number of hydrogen-bond donors (Lipinski definition) is 2. The lowest BCUT2D eigenvalue weighted by Crippen LogP contribution is -1.85. The molecule has 1 aromatic carbocycles. The molecule has 0 fully saturated rings. The van der Waals surface area contributed by atoms with Crippen LogP contribution >= 0.6 is 0 Å². The smallest absolute Gasteiger partial charge is 0.149 e. The Balaban J connectivity index is 3.09. The van der Waals surface area contributed by atoms with Crippen molar-refractivity contribution in [2.75, 3.05) is 12.4 Å². The van der Waals surface area contributed by atoms with Crippen molar-refractivity contribution in [1.29, 1.82) is 0 Å². The molecular weight excluding hydrogens is 144 g/mol. The van der Waals surface area contributed by atoms with Gasteiger partial charge in [0.2, 0.25) is 0 Å². The SMILES string of the molecule is CNc1ccc(N=O)c(O)c1. The number of hydrogen-bond acceptors (Lipinski definition) is 4. The molecule has 0 atom stereocenters. The van der Waals surface area contributed by atoms with Gasteiger partial charge in [-0.2, -0.15) is 0 Å². The predicted molar refractivity (Wildman–Crippen MR) is 43.1 cm³/mol. The van der Waals surface area contributed by atoms with E-state index in [-0.39, 0.29) is 11.4 Å². The van der Waals surface area contributed by atoms with Crippen LogP contribution in [0.1, 0.15) is 0 Å². The first-order chi connectivity index (χ1) is 5.27. The van der Waals surface area contributed by atoms with Gasteiger partial charge in [0.05, 0.1) is 0 Å². The average molecular weight is 152 g/mol. The Labute approximate surface area is 63.8 Å². The van der Waals surface area contributed by atoms with E-state index >= 15 is 0 Å². The predicted octanol–water partition coefficient (Wildman–Crippen LogP) is 1.83. The molecular formula is C7H8N2O2. The van der Waals surface area contributed by atoms with E-state index in [1.54, 1.807) is 13.1 Å². The summed E-state index contributed by atoms with van der Waals surface area (Å²) < 4.78 is 0. The van der Waals surface area contributed by atoms with Crippen LogP contribution in [-0.2, 0) is 0 Å². The molecule has 11 heavy (non-hydrogen) atoms. The van der Waals surface area contributed by atoms with Gasteiger partial charge in [-0.05, 0) is 17.3 Å². The van der Waals surface area contributed by atoms with Crippen molar-refractivity contribution < 1.29 is 5.11 Å². The second-order valence-electron chi connectivity index (χ2n) is 2.04. The first-order valence-electron chi connectivity index (χ1n) is 3.12. The molecule has 0 amide bonds. The molecule has 58 valence electrons. The standard InChI is InChI=1S/C7H8N2O2/c1-8-5-2-3-6(9-11)7(10)4-5/h2-4,8,10H,1H3. The Morgan fingerprint density at radius 3 is 2.73 bits per heavy atom. The minimum atomic E-state index is -0.105. The Kier molecular flexibility index (Phi) is 2.06. The number of nitroso groups, excluding NO2 is 1. The Hall–Kier alpha value is -1.58. The molecule has 0 saturated heterocycles. The highest BCUT2D eigenvalue weighted by molar-refractivity contribution is 5.59. The van der Waals surface area contributed by atoms with Gasteiger partial charge in [0.25, 0.3) is 0 Å². The highest BCUT2D eigenvalue weighted by Gasteiger charge is 2.00. The molecule has 2 N–H and O–H groups in total. The maximum absolute atomic E-state index is 10.00. The lowest BCUT2D eigenvalue weighted by molar-refractivity contribution is 0.477. The summed E-state index contributed by atoms with van der Waals surface area (Å²) in [6, 6.07) is 4.56. The van der Waals surface area contributed by atoms with Gasteiger partial charge in [0, 0.05) is 18.8 Å². The molecule has 0 aliphatic rings. The summed E-state index contributed by atoms with van der Waals surface area (Å²) in [7, 11) is 1.72. The van der Waals surface area contributed by atoms with Gasteiger partial charge in [-0.1, -0.05) is 0 Å². The van der Waals surface area contributed by atoms with Crippen LogP contribution in [0, 0.1) is 4.91 Å². The minimum Gasteiger partial charge on any atom is -0.505 e. The molecule has 1 aromatic rings. The zero-order chi connectivity index (χ0) is 8.27. The lowest BCUT2D eigenvalue weighted by Gasteiger charge is -2.00. The maximum Gasteiger partial charge on any atom is 0.149 e. The minimum absolute atomic E-state index is 0.0593. The zero-order valence-corrected chi connectivity index (χ0v) is 6.03. The molecule has 0 bridgehead atoms. The molecule has 4 nitrogen and oxygen atoms in total. The molecule has 0 saturated carbocycles. The van der Waals surface area contributed by atoms with Crippen molar-refractivity contribution >= 4 is 11.4 Å². The first-order valence-corrected chi connectivity index (χ1v) is 3.12. The fourth-order valence-corrected chi connectivity index (χ4v) is 0.756. The number of benzene rings is 1. The average Bonchev–Trinajstić information content (AvgIpc) is 2.04.